The van der Waals surface area contributed by atoms with Gasteiger partial charge in [-0.3, -0.25) is 0 Å². The fraction of sp³-hybridized carbons (Fsp3) is 0.806. The molecule has 0 radical (unpaired) electrons. The molecular weight excluding hydrogens is 386 g/mol. The van der Waals surface area contributed by atoms with Crippen LogP contribution in [0.2, 0.25) is 0 Å². The Morgan fingerprint density at radius 2 is 0.969 bits per heavy atom. The Bertz CT molecular complexity index is 479. The van der Waals surface area contributed by atoms with Gasteiger partial charge < -0.3 is 5.32 Å². The average molecular weight is 446 g/mol. The number of rotatable bonds is 23. The first-order valence-corrected chi connectivity index (χ1v) is 14.2. The minimum absolute atomic E-state index is 1.04. The molecule has 0 aliphatic heterocycles. The normalized spacial score (nSPS) is 12.4. The molecule has 1 N–H and O–H groups in total. The van der Waals surface area contributed by atoms with E-state index in [0.29, 0.717) is 0 Å². The lowest BCUT2D eigenvalue weighted by Gasteiger charge is -2.05. The second-order valence-electron chi connectivity index (χ2n) is 10.3. The molecule has 0 rings (SSSR count). The monoisotopic (exact) mass is 445 g/mol. The van der Waals surface area contributed by atoms with Crippen LogP contribution in [-0.2, 0) is 0 Å². The molecule has 0 atom stereocenters. The maximum Gasteiger partial charge on any atom is 0.0137 e. The van der Waals surface area contributed by atoms with E-state index in [4.69, 9.17) is 0 Å². The highest BCUT2D eigenvalue weighted by Gasteiger charge is 1.95. The molecule has 188 valence electrons. The van der Waals surface area contributed by atoms with Crippen molar-refractivity contribution in [2.75, 3.05) is 13.1 Å². The first kappa shape index (κ1) is 31.2. The molecule has 0 saturated carbocycles. The Morgan fingerprint density at radius 1 is 0.531 bits per heavy atom. The van der Waals surface area contributed by atoms with Crippen LogP contribution in [0.15, 0.2) is 34.9 Å². The van der Waals surface area contributed by atoms with Crippen molar-refractivity contribution in [3.05, 3.63) is 34.9 Å². The van der Waals surface area contributed by atoms with Gasteiger partial charge in [-0.05, 0) is 66.3 Å². The van der Waals surface area contributed by atoms with Crippen LogP contribution in [-0.4, -0.2) is 13.1 Å². The molecule has 0 aromatic rings. The quantitative estimate of drug-likeness (QED) is 0.122. The van der Waals surface area contributed by atoms with Crippen molar-refractivity contribution in [1.82, 2.24) is 5.32 Å². The summed E-state index contributed by atoms with van der Waals surface area (Å²) in [5.74, 6) is 0. The molecule has 0 fully saturated rings. The summed E-state index contributed by atoms with van der Waals surface area (Å²) in [6.07, 6.45) is 32.0. The van der Waals surface area contributed by atoms with Crippen LogP contribution in [0.3, 0.4) is 0 Å². The zero-order valence-electron chi connectivity index (χ0n) is 22.9. The van der Waals surface area contributed by atoms with E-state index in [0.717, 1.165) is 6.54 Å². The molecule has 0 bridgehead atoms. The molecule has 0 saturated heterocycles. The third-order valence-corrected chi connectivity index (χ3v) is 6.42. The lowest BCUT2D eigenvalue weighted by atomic mass is 10.0. The topological polar surface area (TPSA) is 12.0 Å². The molecular formula is C31H59N. The summed E-state index contributed by atoms with van der Waals surface area (Å²) in [5, 5.41) is 3.60. The number of allylic oxidation sites excluding steroid dienone is 5. The Balaban J connectivity index is 3.39. The number of unbranched alkanes of at least 4 members (excludes halogenated alkanes) is 13. The maximum absolute atomic E-state index is 3.60. The lowest BCUT2D eigenvalue weighted by Crippen LogP contribution is -2.15. The van der Waals surface area contributed by atoms with E-state index in [9.17, 15) is 0 Å². The first-order valence-electron chi connectivity index (χ1n) is 14.2. The lowest BCUT2D eigenvalue weighted by molar-refractivity contribution is 0.532. The molecule has 0 aromatic carbocycles. The van der Waals surface area contributed by atoms with E-state index in [1.807, 2.05) is 0 Å². The van der Waals surface area contributed by atoms with E-state index in [2.05, 4.69) is 58.2 Å². The van der Waals surface area contributed by atoms with Crippen LogP contribution in [0.4, 0.5) is 0 Å². The maximum atomic E-state index is 3.60. The van der Waals surface area contributed by atoms with Crippen molar-refractivity contribution in [2.24, 2.45) is 0 Å². The van der Waals surface area contributed by atoms with Crippen LogP contribution in [0, 0.1) is 0 Å². The van der Waals surface area contributed by atoms with Gasteiger partial charge in [0.15, 0.2) is 0 Å². The van der Waals surface area contributed by atoms with E-state index < -0.39 is 0 Å². The van der Waals surface area contributed by atoms with Crippen LogP contribution >= 0.6 is 0 Å². The zero-order chi connectivity index (χ0) is 23.7. The predicted octanol–water partition coefficient (Wildman–Crippen LogP) is 10.5. The van der Waals surface area contributed by atoms with Crippen LogP contribution < -0.4 is 5.32 Å². The average Bonchev–Trinajstić information content (AvgIpc) is 2.75. The van der Waals surface area contributed by atoms with Gasteiger partial charge in [0.05, 0.1) is 0 Å². The third kappa shape index (κ3) is 25.4. The van der Waals surface area contributed by atoms with Gasteiger partial charge in [0.2, 0.25) is 0 Å². The molecule has 0 aromatic heterocycles. The summed E-state index contributed by atoms with van der Waals surface area (Å²) in [6, 6.07) is 0. The molecule has 0 aliphatic rings. The molecule has 0 spiro atoms. The Hall–Kier alpha value is -0.820. The summed E-state index contributed by atoms with van der Waals surface area (Å²) in [7, 11) is 0. The summed E-state index contributed by atoms with van der Waals surface area (Å²) >= 11 is 0. The standard InChI is InChI=1S/C31H59N/c1-6-7-8-9-10-11-12-13-14-15-16-17-18-19-27-32-28-26-31(5)25-21-24-30(4)23-20-22-29(2)3/h22,24,26,32H,6-21,23,25,27-28H2,1-5H3/b30-24+,31-26+. The van der Waals surface area contributed by atoms with Crippen molar-refractivity contribution in [3.8, 4) is 0 Å². The largest absolute Gasteiger partial charge is 0.313 e. The van der Waals surface area contributed by atoms with Crippen molar-refractivity contribution in [3.63, 3.8) is 0 Å². The molecule has 0 unspecified atom stereocenters. The van der Waals surface area contributed by atoms with Crippen molar-refractivity contribution in [2.45, 2.75) is 150 Å². The van der Waals surface area contributed by atoms with E-state index in [-0.39, 0.29) is 0 Å². The SMILES string of the molecule is CCCCCCCCCCCCCCCCNC/C=C(\C)CC/C=C(\C)CCC=C(C)C. The zero-order valence-corrected chi connectivity index (χ0v) is 22.9. The number of nitrogens with one attached hydrogen (secondary N) is 1. The summed E-state index contributed by atoms with van der Waals surface area (Å²) in [4.78, 5) is 0. The van der Waals surface area contributed by atoms with E-state index in [1.165, 1.54) is 139 Å². The van der Waals surface area contributed by atoms with Gasteiger partial charge in [-0.2, -0.15) is 0 Å². The molecule has 1 nitrogen and oxygen atoms in total. The van der Waals surface area contributed by atoms with Gasteiger partial charge in [0.1, 0.15) is 0 Å². The van der Waals surface area contributed by atoms with Crippen molar-refractivity contribution in [1.29, 1.82) is 0 Å². The summed E-state index contributed by atoms with van der Waals surface area (Å²) in [6.45, 7) is 13.4. The Labute approximate surface area is 203 Å². The smallest absolute Gasteiger partial charge is 0.0137 e. The van der Waals surface area contributed by atoms with Gasteiger partial charge >= 0.3 is 0 Å². The predicted molar refractivity (Wildman–Crippen MR) is 149 cm³/mol. The Morgan fingerprint density at radius 3 is 1.47 bits per heavy atom. The number of hydrogen-bond acceptors (Lipinski definition) is 1. The van der Waals surface area contributed by atoms with Gasteiger partial charge in [-0.25, -0.2) is 0 Å². The third-order valence-electron chi connectivity index (χ3n) is 6.42. The van der Waals surface area contributed by atoms with Crippen LogP contribution in [0.1, 0.15) is 150 Å². The fourth-order valence-corrected chi connectivity index (χ4v) is 4.13. The molecule has 0 amide bonds. The van der Waals surface area contributed by atoms with Crippen molar-refractivity contribution >= 4 is 0 Å². The highest BCUT2D eigenvalue weighted by atomic mass is 14.8. The van der Waals surface area contributed by atoms with E-state index in [1.54, 1.807) is 0 Å². The van der Waals surface area contributed by atoms with Crippen LogP contribution in [0.5, 0.6) is 0 Å². The highest BCUT2D eigenvalue weighted by molar-refractivity contribution is 5.05. The van der Waals surface area contributed by atoms with Gasteiger partial charge in [-0.1, -0.05) is 125 Å². The van der Waals surface area contributed by atoms with Gasteiger partial charge in [-0.15, -0.1) is 0 Å². The highest BCUT2D eigenvalue weighted by Crippen LogP contribution is 2.13. The fourth-order valence-electron chi connectivity index (χ4n) is 4.13. The van der Waals surface area contributed by atoms with Gasteiger partial charge in [0, 0.05) is 6.54 Å². The molecule has 32 heavy (non-hydrogen) atoms. The second-order valence-corrected chi connectivity index (χ2v) is 10.3. The van der Waals surface area contributed by atoms with Gasteiger partial charge in [0.25, 0.3) is 0 Å². The molecule has 0 aliphatic carbocycles. The molecule has 1 heteroatoms. The Kier molecular flexibility index (Phi) is 24.2. The molecule has 0 heterocycles. The first-order chi connectivity index (χ1) is 15.6. The van der Waals surface area contributed by atoms with Crippen molar-refractivity contribution < 1.29 is 0 Å². The van der Waals surface area contributed by atoms with Crippen LogP contribution in [0.25, 0.3) is 0 Å². The minimum Gasteiger partial charge on any atom is -0.313 e. The number of hydrogen-bond donors (Lipinski definition) is 1. The summed E-state index contributed by atoms with van der Waals surface area (Å²) in [5.41, 5.74) is 4.48. The van der Waals surface area contributed by atoms with E-state index >= 15 is 0 Å². The minimum atomic E-state index is 1.04. The second kappa shape index (κ2) is 24.8. The summed E-state index contributed by atoms with van der Waals surface area (Å²) < 4.78 is 0.